The van der Waals surface area contributed by atoms with E-state index in [1.165, 1.54) is 17.7 Å². The number of rotatable bonds is 6. The van der Waals surface area contributed by atoms with Gasteiger partial charge in [-0.05, 0) is 37.2 Å². The normalized spacial score (nSPS) is 16.1. The van der Waals surface area contributed by atoms with E-state index >= 15 is 0 Å². The third kappa shape index (κ3) is 6.11. The lowest BCUT2D eigenvalue weighted by molar-refractivity contribution is -0.139. The second-order valence-corrected chi connectivity index (χ2v) is 7.78. The molecule has 160 valence electrons. The van der Waals surface area contributed by atoms with E-state index in [1.54, 1.807) is 12.1 Å². The fraction of sp³-hybridized carbons (Fsp3) is 0.391. The number of carbonyl (C=O) groups is 2. The summed E-state index contributed by atoms with van der Waals surface area (Å²) in [6.07, 6.45) is 0. The van der Waals surface area contributed by atoms with Crippen molar-refractivity contribution >= 4 is 11.8 Å². The Bertz CT molecular complexity index is 847. The van der Waals surface area contributed by atoms with Gasteiger partial charge in [-0.3, -0.25) is 14.5 Å². The smallest absolute Gasteiger partial charge is 0.309 e. The van der Waals surface area contributed by atoms with Crippen LogP contribution in [0.4, 0.5) is 4.39 Å². The van der Waals surface area contributed by atoms with Crippen molar-refractivity contribution < 1.29 is 14.0 Å². The molecular formula is C23H29FN4O2. The van der Waals surface area contributed by atoms with Crippen molar-refractivity contribution in [1.82, 2.24) is 20.4 Å². The molecular weight excluding hydrogens is 383 g/mol. The number of hydrogen-bond acceptors (Lipinski definition) is 4. The Labute approximate surface area is 177 Å². The molecule has 2 amide bonds. The molecule has 0 aliphatic carbocycles. The molecule has 1 saturated heterocycles. The molecule has 1 fully saturated rings. The van der Waals surface area contributed by atoms with Crippen LogP contribution in [0.25, 0.3) is 0 Å². The van der Waals surface area contributed by atoms with E-state index in [4.69, 9.17) is 0 Å². The summed E-state index contributed by atoms with van der Waals surface area (Å²) in [6.45, 7) is 6.32. The van der Waals surface area contributed by atoms with Crippen molar-refractivity contribution in [1.29, 1.82) is 0 Å². The van der Waals surface area contributed by atoms with Gasteiger partial charge in [0, 0.05) is 39.3 Å². The number of likely N-dealkylation sites (N-methyl/N-ethyl adjacent to an activating group) is 1. The lowest BCUT2D eigenvalue weighted by Crippen LogP contribution is -2.49. The van der Waals surface area contributed by atoms with Gasteiger partial charge < -0.3 is 15.5 Å². The highest BCUT2D eigenvalue weighted by molar-refractivity contribution is 6.35. The number of hydrogen-bond donors (Lipinski definition) is 2. The minimum absolute atomic E-state index is 0.00754. The van der Waals surface area contributed by atoms with Crippen LogP contribution in [0.3, 0.4) is 0 Å². The quantitative estimate of drug-likeness (QED) is 0.711. The Morgan fingerprint density at radius 1 is 0.933 bits per heavy atom. The Balaban J connectivity index is 1.58. The Morgan fingerprint density at radius 2 is 1.53 bits per heavy atom. The third-order valence-electron chi connectivity index (χ3n) is 5.47. The van der Waals surface area contributed by atoms with Gasteiger partial charge in [0.15, 0.2) is 0 Å². The highest BCUT2D eigenvalue weighted by Crippen LogP contribution is 2.22. The zero-order valence-corrected chi connectivity index (χ0v) is 17.5. The number of halogens is 1. The van der Waals surface area contributed by atoms with Crippen LogP contribution < -0.4 is 10.6 Å². The number of nitrogens with one attached hydrogen (secondary N) is 2. The van der Waals surface area contributed by atoms with Crippen molar-refractivity contribution in [2.45, 2.75) is 19.5 Å². The number of amides is 2. The summed E-state index contributed by atoms with van der Waals surface area (Å²) >= 11 is 0. The molecule has 3 rings (SSSR count). The highest BCUT2D eigenvalue weighted by Gasteiger charge is 2.25. The molecule has 1 atom stereocenters. The molecule has 2 aromatic rings. The molecule has 0 aromatic heterocycles. The molecule has 6 nitrogen and oxygen atoms in total. The predicted molar refractivity (Wildman–Crippen MR) is 114 cm³/mol. The van der Waals surface area contributed by atoms with Crippen LogP contribution in [0, 0.1) is 12.7 Å². The molecule has 1 aliphatic heterocycles. The van der Waals surface area contributed by atoms with Gasteiger partial charge in [0.1, 0.15) is 5.82 Å². The van der Waals surface area contributed by atoms with E-state index in [9.17, 15) is 14.0 Å². The molecule has 0 unspecified atom stereocenters. The van der Waals surface area contributed by atoms with Crippen molar-refractivity contribution in [3.63, 3.8) is 0 Å². The summed E-state index contributed by atoms with van der Waals surface area (Å²) in [7, 11) is 2.10. The zero-order chi connectivity index (χ0) is 21.5. The Morgan fingerprint density at radius 3 is 2.17 bits per heavy atom. The van der Waals surface area contributed by atoms with E-state index in [0.29, 0.717) is 6.54 Å². The van der Waals surface area contributed by atoms with Crippen molar-refractivity contribution in [2.75, 3.05) is 39.8 Å². The molecule has 7 heteroatoms. The summed E-state index contributed by atoms with van der Waals surface area (Å²) in [5.41, 5.74) is 3.03. The fourth-order valence-electron chi connectivity index (χ4n) is 3.51. The van der Waals surface area contributed by atoms with Crippen molar-refractivity contribution in [3.8, 4) is 0 Å². The van der Waals surface area contributed by atoms with Crippen LogP contribution in [0.15, 0.2) is 48.5 Å². The van der Waals surface area contributed by atoms with E-state index in [-0.39, 0.29) is 18.4 Å². The molecule has 0 saturated carbocycles. The van der Waals surface area contributed by atoms with Crippen molar-refractivity contribution in [3.05, 3.63) is 71.0 Å². The second-order valence-electron chi connectivity index (χ2n) is 7.78. The van der Waals surface area contributed by atoms with Crippen LogP contribution in [0.5, 0.6) is 0 Å². The average Bonchev–Trinajstić information content (AvgIpc) is 2.75. The monoisotopic (exact) mass is 412 g/mol. The number of piperazine rings is 1. The van der Waals surface area contributed by atoms with Gasteiger partial charge >= 0.3 is 11.8 Å². The summed E-state index contributed by atoms with van der Waals surface area (Å²) in [5.74, 6) is -1.70. The Kier molecular flexibility index (Phi) is 7.54. The van der Waals surface area contributed by atoms with Crippen LogP contribution in [0.2, 0.25) is 0 Å². The number of aryl methyl sites for hydroxylation is 1. The molecule has 30 heavy (non-hydrogen) atoms. The van der Waals surface area contributed by atoms with Gasteiger partial charge in [-0.15, -0.1) is 0 Å². The lowest BCUT2D eigenvalue weighted by Gasteiger charge is -2.38. The highest BCUT2D eigenvalue weighted by atomic mass is 19.1. The molecule has 2 aromatic carbocycles. The van der Waals surface area contributed by atoms with Gasteiger partial charge in [0.05, 0.1) is 6.04 Å². The first kappa shape index (κ1) is 21.9. The fourth-order valence-corrected chi connectivity index (χ4v) is 3.51. The Hall–Kier alpha value is -2.77. The van der Waals surface area contributed by atoms with E-state index in [2.05, 4.69) is 51.7 Å². The minimum atomic E-state index is -0.694. The van der Waals surface area contributed by atoms with Crippen LogP contribution in [0.1, 0.15) is 22.7 Å². The van der Waals surface area contributed by atoms with Gasteiger partial charge in [0.2, 0.25) is 0 Å². The molecule has 1 aliphatic rings. The zero-order valence-electron chi connectivity index (χ0n) is 17.5. The SMILES string of the molecule is Cc1ccc([C@@H](CNC(=O)C(=O)NCc2ccc(F)cc2)N2CCN(C)CC2)cc1. The predicted octanol–water partition coefficient (Wildman–Crippen LogP) is 1.86. The van der Waals surface area contributed by atoms with Crippen LogP contribution in [-0.2, 0) is 16.1 Å². The first-order chi connectivity index (χ1) is 14.4. The summed E-state index contributed by atoms with van der Waals surface area (Å²) in [5, 5.41) is 5.36. The number of benzene rings is 2. The first-order valence-electron chi connectivity index (χ1n) is 10.2. The van der Waals surface area contributed by atoms with Gasteiger partial charge in [0.25, 0.3) is 0 Å². The minimum Gasteiger partial charge on any atom is -0.346 e. The average molecular weight is 413 g/mol. The topological polar surface area (TPSA) is 64.7 Å². The molecule has 1 heterocycles. The number of nitrogens with zero attached hydrogens (tertiary/aromatic N) is 2. The summed E-state index contributed by atoms with van der Waals surface area (Å²) in [6, 6.07) is 14.1. The maximum atomic E-state index is 13.0. The number of carbonyl (C=O) groups excluding carboxylic acids is 2. The molecule has 0 spiro atoms. The maximum absolute atomic E-state index is 13.0. The van der Waals surface area contributed by atoms with Gasteiger partial charge in [-0.1, -0.05) is 42.0 Å². The van der Waals surface area contributed by atoms with Gasteiger partial charge in [-0.2, -0.15) is 0 Å². The van der Waals surface area contributed by atoms with Gasteiger partial charge in [-0.25, -0.2) is 4.39 Å². The second kappa shape index (κ2) is 10.3. The van der Waals surface area contributed by atoms with E-state index in [1.807, 2.05) is 6.92 Å². The largest absolute Gasteiger partial charge is 0.346 e. The lowest BCUT2D eigenvalue weighted by atomic mass is 10.0. The van der Waals surface area contributed by atoms with Crippen LogP contribution >= 0.6 is 0 Å². The molecule has 0 bridgehead atoms. The summed E-state index contributed by atoms with van der Waals surface area (Å²) in [4.78, 5) is 29.1. The van der Waals surface area contributed by atoms with E-state index in [0.717, 1.165) is 37.3 Å². The van der Waals surface area contributed by atoms with Crippen LogP contribution in [-0.4, -0.2) is 61.4 Å². The van der Waals surface area contributed by atoms with E-state index < -0.39 is 11.8 Å². The maximum Gasteiger partial charge on any atom is 0.309 e. The molecule has 2 N–H and O–H groups in total. The standard InChI is InChI=1S/C23H29FN4O2/c1-17-3-7-19(8-4-17)21(28-13-11-27(2)12-14-28)16-26-23(30)22(29)25-15-18-5-9-20(24)10-6-18/h3-10,21H,11-16H2,1-2H3,(H,25,29)(H,26,30)/t21-/m1/s1. The summed E-state index contributed by atoms with van der Waals surface area (Å²) < 4.78 is 13.0. The molecule has 0 radical (unpaired) electrons. The van der Waals surface area contributed by atoms with Crippen molar-refractivity contribution in [2.24, 2.45) is 0 Å². The third-order valence-corrected chi connectivity index (χ3v) is 5.47. The first-order valence-corrected chi connectivity index (χ1v) is 10.2.